The Labute approximate surface area is 212 Å². The van der Waals surface area contributed by atoms with Crippen molar-refractivity contribution in [2.75, 3.05) is 6.26 Å². The summed E-state index contributed by atoms with van der Waals surface area (Å²) >= 11 is 0. The third kappa shape index (κ3) is 4.51. The molecule has 1 aliphatic rings. The van der Waals surface area contributed by atoms with Crippen molar-refractivity contribution in [2.24, 2.45) is 5.92 Å². The number of hydrogen-bond acceptors (Lipinski definition) is 5. The van der Waals surface area contributed by atoms with Gasteiger partial charge >= 0.3 is 0 Å². The van der Waals surface area contributed by atoms with E-state index in [4.69, 9.17) is 0 Å². The number of benzene rings is 2. The number of halogens is 1. The highest BCUT2D eigenvalue weighted by Gasteiger charge is 2.37. The van der Waals surface area contributed by atoms with E-state index in [1.54, 1.807) is 36.6 Å². The van der Waals surface area contributed by atoms with E-state index in [1.807, 2.05) is 12.1 Å². The summed E-state index contributed by atoms with van der Waals surface area (Å²) < 4.78 is 54.6. The lowest BCUT2D eigenvalue weighted by molar-refractivity contribution is 0.111. The molecule has 4 aromatic rings. The molecule has 36 heavy (non-hydrogen) atoms. The van der Waals surface area contributed by atoms with Crippen LogP contribution in [0.2, 0.25) is 0 Å². The quantitative estimate of drug-likeness (QED) is 0.359. The lowest BCUT2D eigenvalue weighted by atomic mass is 9.80. The molecule has 0 aliphatic heterocycles. The van der Waals surface area contributed by atoms with Gasteiger partial charge in [0.2, 0.25) is 0 Å². The van der Waals surface area contributed by atoms with Crippen LogP contribution in [-0.4, -0.2) is 32.9 Å². The van der Waals surface area contributed by atoms with Crippen LogP contribution in [-0.2, 0) is 20.8 Å². The molecule has 3 unspecified atom stereocenters. The monoisotopic (exact) mass is 526 g/mol. The zero-order chi connectivity index (χ0) is 25.4. The maximum atomic E-state index is 14.1. The summed E-state index contributed by atoms with van der Waals surface area (Å²) in [5.41, 5.74) is 1.06. The summed E-state index contributed by atoms with van der Waals surface area (Å²) in [4.78, 5) is 4.83. The van der Waals surface area contributed by atoms with Gasteiger partial charge in [0, 0.05) is 33.3 Å². The van der Waals surface area contributed by atoms with Crippen LogP contribution in [0, 0.1) is 11.7 Å². The Morgan fingerprint density at radius 2 is 1.72 bits per heavy atom. The normalized spacial score (nSPS) is 17.3. The molecule has 0 radical (unpaired) electrons. The minimum absolute atomic E-state index is 0.0502. The number of fused-ring (bicyclic) bond motifs is 1. The number of aliphatic hydroxyl groups excluding tert-OH is 1. The van der Waals surface area contributed by atoms with Gasteiger partial charge in [0.25, 0.3) is 10.0 Å². The van der Waals surface area contributed by atoms with Crippen molar-refractivity contribution in [1.29, 1.82) is 0 Å². The second-order valence-corrected chi connectivity index (χ2v) is 12.4. The van der Waals surface area contributed by atoms with Crippen molar-refractivity contribution in [3.63, 3.8) is 0 Å². The Morgan fingerprint density at radius 3 is 2.36 bits per heavy atom. The third-order valence-electron chi connectivity index (χ3n) is 7.02. The molecule has 1 fully saturated rings. The molecule has 188 valence electrons. The second-order valence-electron chi connectivity index (χ2n) is 9.26. The Kier molecular flexibility index (Phi) is 6.80. The molecular formula is C27H27FN2O4S2. The second kappa shape index (κ2) is 9.88. The number of aliphatic hydroxyl groups is 1. The topological polar surface area (TPSA) is 89.3 Å². The van der Waals surface area contributed by atoms with Gasteiger partial charge in [-0.1, -0.05) is 43.2 Å². The first-order valence-electron chi connectivity index (χ1n) is 11.9. The van der Waals surface area contributed by atoms with Gasteiger partial charge < -0.3 is 5.11 Å². The van der Waals surface area contributed by atoms with Crippen LogP contribution in [0.1, 0.15) is 49.0 Å². The largest absolute Gasteiger partial charge is 0.386 e. The summed E-state index contributed by atoms with van der Waals surface area (Å²) in [5, 5.41) is 12.2. The van der Waals surface area contributed by atoms with E-state index in [0.29, 0.717) is 10.3 Å². The summed E-state index contributed by atoms with van der Waals surface area (Å²) in [7, 11) is -5.27. The van der Waals surface area contributed by atoms with Gasteiger partial charge in [-0.05, 0) is 60.7 Å². The number of hydrogen-bond donors (Lipinski definition) is 1. The molecule has 9 heteroatoms. The highest BCUT2D eigenvalue weighted by atomic mass is 32.2. The fraction of sp³-hybridized carbons (Fsp3) is 0.296. The van der Waals surface area contributed by atoms with E-state index in [2.05, 4.69) is 4.98 Å². The highest BCUT2D eigenvalue weighted by molar-refractivity contribution is 7.90. The number of aromatic nitrogens is 2. The van der Waals surface area contributed by atoms with Crippen molar-refractivity contribution in [3.05, 3.63) is 90.0 Å². The number of rotatable bonds is 7. The number of pyridine rings is 1. The molecule has 1 saturated carbocycles. The first kappa shape index (κ1) is 24.8. The average molecular weight is 527 g/mol. The fourth-order valence-corrected chi connectivity index (χ4v) is 7.36. The van der Waals surface area contributed by atoms with Gasteiger partial charge in [-0.25, -0.2) is 21.8 Å². The molecule has 2 aromatic heterocycles. The van der Waals surface area contributed by atoms with Crippen LogP contribution >= 0.6 is 0 Å². The Hall–Kier alpha value is -2.88. The predicted octanol–water partition coefficient (Wildman–Crippen LogP) is 5.16. The first-order chi connectivity index (χ1) is 17.3. The SMILES string of the molecule is CS(=O)c1ccc(C(C2CCCC2)C(O)c2cc3cc(F)cnc3n2S(=O)(=O)c2ccccc2)cc1. The van der Waals surface area contributed by atoms with E-state index in [9.17, 15) is 22.1 Å². The standard InChI is InChI=1S/C27H27FN2O4S2/c1-35(32)22-13-11-19(12-14-22)25(18-7-5-6-8-18)26(31)24-16-20-15-21(28)17-29-27(20)30(24)36(33,34)23-9-3-2-4-10-23/h2-4,9-18,25-26,31H,5-8H2,1H3. The van der Waals surface area contributed by atoms with E-state index < -0.39 is 38.7 Å². The van der Waals surface area contributed by atoms with Gasteiger partial charge in [-0.2, -0.15) is 0 Å². The van der Waals surface area contributed by atoms with Gasteiger partial charge in [0.1, 0.15) is 11.9 Å². The summed E-state index contributed by atoms with van der Waals surface area (Å²) in [6, 6.07) is 18.0. The van der Waals surface area contributed by atoms with E-state index in [0.717, 1.165) is 41.4 Å². The summed E-state index contributed by atoms with van der Waals surface area (Å²) in [5.74, 6) is -0.854. The zero-order valence-corrected chi connectivity index (χ0v) is 21.4. The zero-order valence-electron chi connectivity index (χ0n) is 19.7. The van der Waals surface area contributed by atoms with Gasteiger partial charge in [0.05, 0.1) is 16.8 Å². The molecule has 0 amide bonds. The van der Waals surface area contributed by atoms with Gasteiger partial charge in [0.15, 0.2) is 5.65 Å². The third-order valence-corrected chi connectivity index (χ3v) is 9.69. The van der Waals surface area contributed by atoms with Crippen molar-refractivity contribution >= 4 is 31.9 Å². The van der Waals surface area contributed by atoms with Crippen LogP contribution < -0.4 is 0 Å². The average Bonchev–Trinajstić information content (AvgIpc) is 3.53. The van der Waals surface area contributed by atoms with Gasteiger partial charge in [-0.15, -0.1) is 0 Å². The molecule has 0 spiro atoms. The number of nitrogens with zero attached hydrogens (tertiary/aromatic N) is 2. The van der Waals surface area contributed by atoms with Gasteiger partial charge in [-0.3, -0.25) is 4.21 Å². The lowest BCUT2D eigenvalue weighted by Gasteiger charge is -2.30. The van der Waals surface area contributed by atoms with E-state index in [1.165, 1.54) is 24.3 Å². The smallest absolute Gasteiger partial charge is 0.269 e. The predicted molar refractivity (Wildman–Crippen MR) is 137 cm³/mol. The van der Waals surface area contributed by atoms with Crippen molar-refractivity contribution in [1.82, 2.24) is 8.96 Å². The molecule has 0 bridgehead atoms. The van der Waals surface area contributed by atoms with Crippen molar-refractivity contribution in [2.45, 2.75) is 47.5 Å². The summed E-state index contributed by atoms with van der Waals surface area (Å²) in [6.07, 6.45) is 5.27. The molecule has 0 saturated heterocycles. The molecule has 6 nitrogen and oxygen atoms in total. The molecule has 1 aliphatic carbocycles. The van der Waals surface area contributed by atoms with Crippen LogP contribution in [0.3, 0.4) is 0 Å². The molecule has 2 heterocycles. The molecule has 1 N–H and O–H groups in total. The van der Waals surface area contributed by atoms with Crippen LogP contribution in [0.25, 0.3) is 11.0 Å². The lowest BCUT2D eigenvalue weighted by Crippen LogP contribution is -2.24. The molecule has 2 aromatic carbocycles. The molecule has 5 rings (SSSR count). The minimum atomic E-state index is -4.14. The Balaban J connectivity index is 1.70. The van der Waals surface area contributed by atoms with Crippen molar-refractivity contribution < 1.29 is 22.1 Å². The minimum Gasteiger partial charge on any atom is -0.386 e. The van der Waals surface area contributed by atoms with Crippen molar-refractivity contribution in [3.8, 4) is 0 Å². The Bertz CT molecular complexity index is 1510. The maximum absolute atomic E-state index is 14.1. The van der Waals surface area contributed by atoms with Crippen LogP contribution in [0.5, 0.6) is 0 Å². The van der Waals surface area contributed by atoms with Crippen LogP contribution in [0.15, 0.2) is 82.7 Å². The fourth-order valence-electron chi connectivity index (χ4n) is 5.31. The molecule has 3 atom stereocenters. The van der Waals surface area contributed by atoms with E-state index in [-0.39, 0.29) is 22.2 Å². The maximum Gasteiger partial charge on any atom is 0.269 e. The van der Waals surface area contributed by atoms with Crippen LogP contribution in [0.4, 0.5) is 4.39 Å². The summed E-state index contributed by atoms with van der Waals surface area (Å²) in [6.45, 7) is 0. The Morgan fingerprint density at radius 1 is 1.06 bits per heavy atom. The van der Waals surface area contributed by atoms with E-state index >= 15 is 0 Å². The molecular weight excluding hydrogens is 499 g/mol. The highest BCUT2D eigenvalue weighted by Crippen LogP contribution is 2.46. The first-order valence-corrected chi connectivity index (χ1v) is 14.9.